The largest absolute Gasteiger partial charge is 0.504 e. The number of imide groups is 4. The molecule has 1 N–H and O–H groups in total. The maximum absolute atomic E-state index is 15.0. The van der Waals surface area contributed by atoms with Crippen LogP contribution < -0.4 is 9.64 Å². The number of nitrogens with zero attached hydrogens (tertiary/aromatic N) is 4. The van der Waals surface area contributed by atoms with Crippen molar-refractivity contribution in [1.82, 2.24) is 14.7 Å². The molecule has 0 radical (unpaired) electrons. The van der Waals surface area contributed by atoms with Gasteiger partial charge in [0, 0.05) is 28.8 Å². The molecule has 14 heteroatoms. The first-order valence-corrected chi connectivity index (χ1v) is 17.6. The Hall–Kier alpha value is -5.01. The van der Waals surface area contributed by atoms with Gasteiger partial charge in [0.15, 0.2) is 11.5 Å². The lowest BCUT2D eigenvalue weighted by atomic mass is 9.51. The van der Waals surface area contributed by atoms with Crippen LogP contribution in [0, 0.1) is 36.0 Å². The second-order valence-corrected chi connectivity index (χ2v) is 15.3. The maximum atomic E-state index is 15.0. The summed E-state index contributed by atoms with van der Waals surface area (Å²) in [6, 6.07) is 12.3. The monoisotopic (exact) mass is 728 g/mol. The van der Waals surface area contributed by atoms with Crippen molar-refractivity contribution < 1.29 is 38.6 Å². The number of carbonyl (C=O) groups is 5. The van der Waals surface area contributed by atoms with Crippen molar-refractivity contribution in [2.45, 2.75) is 32.6 Å². The average molecular weight is 729 g/mol. The molecule has 0 bridgehead atoms. The van der Waals surface area contributed by atoms with Crippen LogP contribution in [0.5, 0.6) is 11.5 Å². The number of hydrogen-bond donors (Lipinski definition) is 1. The van der Waals surface area contributed by atoms with E-state index in [1.807, 2.05) is 31.2 Å². The highest BCUT2D eigenvalue weighted by atomic mass is 35.5. The van der Waals surface area contributed by atoms with E-state index in [-0.39, 0.29) is 24.3 Å². The number of benzene rings is 2. The molecule has 51 heavy (non-hydrogen) atoms. The highest BCUT2D eigenvalue weighted by Gasteiger charge is 2.68. The molecule has 2 aliphatic heterocycles. The Morgan fingerprint density at radius 2 is 1.80 bits per heavy atom. The number of anilines is 1. The van der Waals surface area contributed by atoms with E-state index in [1.54, 1.807) is 32.2 Å². The molecule has 5 amide bonds. The van der Waals surface area contributed by atoms with Crippen molar-refractivity contribution in [2.75, 3.05) is 19.1 Å². The summed E-state index contributed by atoms with van der Waals surface area (Å²) in [5.41, 5.74) is 1.47. The Kier molecular flexibility index (Phi) is 7.48. The number of fused-ring (bicyclic) bond motifs is 5. The highest BCUT2D eigenvalue weighted by molar-refractivity contribution is 7.22. The number of methoxy groups -OCH3 is 2. The number of aromatic nitrogens is 2. The first-order chi connectivity index (χ1) is 24.3. The number of rotatable bonds is 4. The van der Waals surface area contributed by atoms with Gasteiger partial charge in [-0.3, -0.25) is 23.9 Å². The molecule has 2 aliphatic carbocycles. The van der Waals surface area contributed by atoms with Crippen LogP contribution >= 0.6 is 22.9 Å². The number of carbonyl (C=O) groups excluding carboxylic acids is 5. The van der Waals surface area contributed by atoms with Gasteiger partial charge in [-0.15, -0.1) is 11.3 Å². The summed E-state index contributed by atoms with van der Waals surface area (Å²) in [6.45, 7) is 3.74. The predicted molar refractivity (Wildman–Crippen MR) is 187 cm³/mol. The van der Waals surface area contributed by atoms with E-state index < -0.39 is 64.7 Å². The van der Waals surface area contributed by atoms with Crippen LogP contribution in [0.2, 0.25) is 5.02 Å². The number of amides is 5. The van der Waals surface area contributed by atoms with Crippen molar-refractivity contribution in [3.05, 3.63) is 70.3 Å². The molecule has 2 saturated heterocycles. The number of aromatic hydroxyl groups is 1. The van der Waals surface area contributed by atoms with E-state index in [1.165, 1.54) is 34.1 Å². The van der Waals surface area contributed by atoms with Crippen molar-refractivity contribution in [3.8, 4) is 22.1 Å². The summed E-state index contributed by atoms with van der Waals surface area (Å²) in [7, 11) is 4.21. The van der Waals surface area contributed by atoms with E-state index in [9.17, 15) is 29.1 Å². The third-order valence-electron chi connectivity index (χ3n) is 11.4. The smallest absolute Gasteiger partial charge is 0.423 e. The quantitative estimate of drug-likeness (QED) is 0.198. The minimum absolute atomic E-state index is 0.0954. The average Bonchev–Trinajstić information content (AvgIpc) is 3.78. The van der Waals surface area contributed by atoms with Gasteiger partial charge >= 0.3 is 6.09 Å². The van der Waals surface area contributed by atoms with Crippen molar-refractivity contribution in [1.29, 1.82) is 0 Å². The summed E-state index contributed by atoms with van der Waals surface area (Å²) < 4.78 is 12.6. The molecule has 4 heterocycles. The van der Waals surface area contributed by atoms with Gasteiger partial charge < -0.3 is 14.6 Å². The predicted octanol–water partition coefficient (Wildman–Crippen LogP) is 5.97. The lowest BCUT2D eigenvalue weighted by molar-refractivity contribution is -0.138. The van der Waals surface area contributed by atoms with Gasteiger partial charge in [0.1, 0.15) is 11.5 Å². The SMILES string of the molecule is COC(=O)N1C(=O)[C@H]2[C@H](CC=C3[C@H]2C[C@H]2C(=O)N(c4cc(-c5sc6ccc(Cl)cc6c5C)nn4C)C(=O)[C@@]2(C)[C@H]3c2ccc(OC)c(O)c2)C1=O. The Morgan fingerprint density at radius 1 is 1.04 bits per heavy atom. The van der Waals surface area contributed by atoms with Crippen LogP contribution in [0.25, 0.3) is 20.7 Å². The minimum Gasteiger partial charge on any atom is -0.504 e. The second kappa shape index (κ2) is 11.5. The van der Waals surface area contributed by atoms with Gasteiger partial charge in [0.05, 0.1) is 42.3 Å². The standard InChI is InChI=1S/C37H33ClN4O8S/c1-16-21-13-18(38)7-11-27(21)51-31(16)24-15-28(40(3)39-24)41-33(45)23-14-22-19(8-9-20-29(22)34(46)42(32(20)44)36(48)50-5)30(37(23,2)35(41)47)17-6-10-26(49-4)25(43)12-17/h6-8,10-13,15,20,22-23,29-30,43H,9,14H2,1-5H3/t20-,22+,23-,29-,30-,37+/m0/s1. The van der Waals surface area contributed by atoms with E-state index in [0.29, 0.717) is 32.6 Å². The lowest BCUT2D eigenvalue weighted by Gasteiger charge is -2.49. The second-order valence-electron chi connectivity index (χ2n) is 13.8. The van der Waals surface area contributed by atoms with Crippen LogP contribution in [0.4, 0.5) is 10.6 Å². The van der Waals surface area contributed by atoms with E-state index in [4.69, 9.17) is 26.2 Å². The fourth-order valence-corrected chi connectivity index (χ4v) is 10.3. The molecule has 2 aromatic heterocycles. The number of aryl methyl sites for hydroxylation is 2. The maximum Gasteiger partial charge on any atom is 0.423 e. The van der Waals surface area contributed by atoms with Gasteiger partial charge in [-0.1, -0.05) is 29.3 Å². The Bertz CT molecular complexity index is 2280. The summed E-state index contributed by atoms with van der Waals surface area (Å²) in [5, 5.41) is 17.2. The third-order valence-corrected chi connectivity index (χ3v) is 12.9. The molecule has 4 aliphatic rings. The van der Waals surface area contributed by atoms with Gasteiger partial charge in [0.25, 0.3) is 0 Å². The first kappa shape index (κ1) is 33.2. The Labute approximate surface area is 301 Å². The fraction of sp³-hybridized carbons (Fsp3) is 0.351. The normalized spacial score (nSPS) is 27.1. The number of ether oxygens (including phenoxy) is 2. The van der Waals surface area contributed by atoms with E-state index in [0.717, 1.165) is 27.6 Å². The van der Waals surface area contributed by atoms with Crippen molar-refractivity contribution in [3.63, 3.8) is 0 Å². The Morgan fingerprint density at radius 3 is 2.51 bits per heavy atom. The zero-order valence-corrected chi connectivity index (χ0v) is 29.9. The van der Waals surface area contributed by atoms with Crippen LogP contribution in [0.1, 0.15) is 36.8 Å². The van der Waals surface area contributed by atoms with Crippen LogP contribution in [0.3, 0.4) is 0 Å². The first-order valence-electron chi connectivity index (χ1n) is 16.5. The molecule has 262 valence electrons. The minimum atomic E-state index is -1.35. The number of hydrogen-bond acceptors (Lipinski definition) is 10. The Balaban J connectivity index is 1.25. The third kappa shape index (κ3) is 4.50. The molecule has 3 fully saturated rings. The van der Waals surface area contributed by atoms with E-state index in [2.05, 4.69) is 0 Å². The summed E-state index contributed by atoms with van der Waals surface area (Å²) in [4.78, 5) is 72.0. The van der Waals surface area contributed by atoms with Crippen molar-refractivity contribution in [2.24, 2.45) is 36.1 Å². The lowest BCUT2D eigenvalue weighted by Crippen LogP contribution is -2.49. The molecule has 2 aromatic carbocycles. The zero-order chi connectivity index (χ0) is 36.3. The van der Waals surface area contributed by atoms with Gasteiger partial charge in [0.2, 0.25) is 23.6 Å². The van der Waals surface area contributed by atoms with Crippen LogP contribution in [-0.4, -0.2) is 63.7 Å². The number of halogens is 1. The molecule has 0 unspecified atom stereocenters. The number of allylic oxidation sites excluding steroid dienone is 2. The number of likely N-dealkylation sites (tertiary alicyclic amines) is 1. The molecular weight excluding hydrogens is 696 g/mol. The van der Waals surface area contributed by atoms with Gasteiger partial charge in [-0.05, 0) is 79.5 Å². The summed E-state index contributed by atoms with van der Waals surface area (Å²) in [6.07, 6.45) is 1.06. The molecule has 0 spiro atoms. The summed E-state index contributed by atoms with van der Waals surface area (Å²) in [5.74, 6) is -5.93. The molecule has 12 nitrogen and oxygen atoms in total. The molecule has 6 atom stereocenters. The zero-order valence-electron chi connectivity index (χ0n) is 28.3. The van der Waals surface area contributed by atoms with Gasteiger partial charge in [-0.2, -0.15) is 10.00 Å². The van der Waals surface area contributed by atoms with Crippen LogP contribution in [-0.2, 0) is 31.0 Å². The number of thiophene rings is 1. The van der Waals surface area contributed by atoms with Gasteiger partial charge in [-0.25, -0.2) is 9.69 Å². The number of phenolic OH excluding ortho intramolecular Hbond substituents is 1. The highest BCUT2D eigenvalue weighted by Crippen LogP contribution is 2.64. The molecule has 1 saturated carbocycles. The summed E-state index contributed by atoms with van der Waals surface area (Å²) >= 11 is 7.82. The van der Waals surface area contributed by atoms with E-state index >= 15 is 0 Å². The molecular formula is C37H33ClN4O8S. The molecule has 8 rings (SSSR count). The molecule has 4 aromatic rings. The van der Waals surface area contributed by atoms with Crippen molar-refractivity contribution >= 4 is 68.6 Å². The fourth-order valence-electron chi connectivity index (χ4n) is 8.99. The topological polar surface area (TPSA) is 148 Å². The van der Waals surface area contributed by atoms with Crippen LogP contribution in [0.15, 0.2) is 54.1 Å². The number of phenols is 1.